The minimum absolute atomic E-state index is 0.0469. The van der Waals surface area contributed by atoms with Gasteiger partial charge in [0.05, 0.1) is 12.7 Å². The van der Waals surface area contributed by atoms with Gasteiger partial charge in [-0.15, -0.1) is 0 Å². The van der Waals surface area contributed by atoms with Crippen molar-refractivity contribution in [3.8, 4) is 0 Å². The Morgan fingerprint density at radius 3 is 2.44 bits per heavy atom. The highest BCUT2D eigenvalue weighted by molar-refractivity contribution is 5.86. The Morgan fingerprint density at radius 1 is 1.20 bits per heavy atom. The van der Waals surface area contributed by atoms with Gasteiger partial charge in [0, 0.05) is 12.3 Å². The quantitative estimate of drug-likeness (QED) is 0.821. The van der Waals surface area contributed by atoms with Crippen LogP contribution in [0.1, 0.15) is 43.2 Å². The topological polar surface area (TPSA) is 55.4 Å². The number of esters is 1. The molecule has 138 valence electrons. The molecule has 7 heteroatoms. The molecule has 1 fully saturated rings. The monoisotopic (exact) mass is 357 g/mol. The molecule has 25 heavy (non-hydrogen) atoms. The summed E-state index contributed by atoms with van der Waals surface area (Å²) in [5, 5.41) is 2.58. The van der Waals surface area contributed by atoms with E-state index in [1.54, 1.807) is 0 Å². The van der Waals surface area contributed by atoms with E-state index in [4.69, 9.17) is 0 Å². The minimum atomic E-state index is -4.52. The second-order valence-electron chi connectivity index (χ2n) is 6.28. The molecule has 1 saturated carbocycles. The first-order chi connectivity index (χ1) is 11.8. The largest absolute Gasteiger partial charge is 0.467 e. The van der Waals surface area contributed by atoms with Gasteiger partial charge < -0.3 is 10.1 Å². The molecule has 0 aliphatic heterocycles. The fraction of sp³-hybridized carbons (Fsp3) is 0.556. The van der Waals surface area contributed by atoms with Crippen LogP contribution in [0.25, 0.3) is 0 Å². The van der Waals surface area contributed by atoms with Gasteiger partial charge in [-0.1, -0.05) is 37.5 Å². The molecule has 1 N–H and O–H groups in total. The molecule has 1 aromatic rings. The molecule has 1 aliphatic rings. The lowest BCUT2D eigenvalue weighted by molar-refractivity contribution is -0.146. The second kappa shape index (κ2) is 8.36. The number of hydrogen-bond acceptors (Lipinski definition) is 3. The van der Waals surface area contributed by atoms with E-state index in [2.05, 4.69) is 10.1 Å². The summed E-state index contributed by atoms with van der Waals surface area (Å²) < 4.78 is 44.1. The zero-order chi connectivity index (χ0) is 18.4. The van der Waals surface area contributed by atoms with Gasteiger partial charge in [0.1, 0.15) is 6.04 Å². The maximum Gasteiger partial charge on any atom is 0.416 e. The van der Waals surface area contributed by atoms with Crippen molar-refractivity contribution in [1.29, 1.82) is 0 Å². The highest BCUT2D eigenvalue weighted by Crippen LogP contribution is 2.32. The molecule has 4 nitrogen and oxygen atoms in total. The van der Waals surface area contributed by atoms with Crippen molar-refractivity contribution in [1.82, 2.24) is 5.32 Å². The summed E-state index contributed by atoms with van der Waals surface area (Å²) >= 11 is 0. The average Bonchev–Trinajstić information content (AvgIpc) is 2.60. The van der Waals surface area contributed by atoms with Gasteiger partial charge in [-0.25, -0.2) is 4.79 Å². The third-order valence-electron chi connectivity index (χ3n) is 4.52. The van der Waals surface area contributed by atoms with Gasteiger partial charge in [-0.2, -0.15) is 13.2 Å². The molecule has 0 heterocycles. The van der Waals surface area contributed by atoms with Crippen LogP contribution in [-0.4, -0.2) is 25.0 Å². The van der Waals surface area contributed by atoms with Crippen LogP contribution >= 0.6 is 0 Å². The number of carbonyl (C=O) groups excluding carboxylic acids is 2. The molecular formula is C18H22F3NO3. The van der Waals surface area contributed by atoms with Crippen LogP contribution in [0.4, 0.5) is 13.2 Å². The lowest BCUT2D eigenvalue weighted by Gasteiger charge is -2.24. The second-order valence-corrected chi connectivity index (χ2v) is 6.28. The number of nitrogens with one attached hydrogen (secondary N) is 1. The van der Waals surface area contributed by atoms with E-state index in [0.29, 0.717) is 0 Å². The van der Waals surface area contributed by atoms with Crippen LogP contribution in [0, 0.1) is 5.92 Å². The van der Waals surface area contributed by atoms with Gasteiger partial charge in [0.15, 0.2) is 0 Å². The zero-order valence-electron chi connectivity index (χ0n) is 14.1. The van der Waals surface area contributed by atoms with Crippen molar-refractivity contribution in [2.24, 2.45) is 5.92 Å². The van der Waals surface area contributed by atoms with Crippen molar-refractivity contribution in [3.63, 3.8) is 0 Å². The molecule has 0 radical (unpaired) electrons. The van der Waals surface area contributed by atoms with Gasteiger partial charge >= 0.3 is 12.1 Å². The highest BCUT2D eigenvalue weighted by atomic mass is 19.4. The van der Waals surface area contributed by atoms with Crippen LogP contribution in [0.15, 0.2) is 24.3 Å². The lowest BCUT2D eigenvalue weighted by Crippen LogP contribution is -2.46. The Bertz CT molecular complexity index is 610. The summed E-state index contributed by atoms with van der Waals surface area (Å²) in [6.45, 7) is 0. The molecule has 0 saturated heterocycles. The molecule has 0 spiro atoms. The number of benzene rings is 1. The van der Waals surface area contributed by atoms with E-state index in [1.807, 2.05) is 0 Å². The fourth-order valence-electron chi connectivity index (χ4n) is 3.18. The summed E-state index contributed by atoms with van der Waals surface area (Å²) in [5.41, 5.74) is -0.856. The van der Waals surface area contributed by atoms with Crippen LogP contribution in [0.5, 0.6) is 0 Å². The summed E-state index contributed by atoms with van der Waals surface area (Å²) in [5.74, 6) is -1.24. The van der Waals surface area contributed by atoms with E-state index < -0.39 is 23.8 Å². The van der Waals surface area contributed by atoms with Crippen molar-refractivity contribution < 1.29 is 27.5 Å². The number of hydrogen-bond donors (Lipinski definition) is 1. The maximum absolute atomic E-state index is 13.1. The van der Waals surface area contributed by atoms with Crippen molar-refractivity contribution >= 4 is 11.9 Å². The molecule has 1 aromatic carbocycles. The number of rotatable bonds is 5. The number of halogens is 3. The molecule has 1 amide bonds. The number of methoxy groups -OCH3 is 1. The van der Waals surface area contributed by atoms with Crippen molar-refractivity contribution in [3.05, 3.63) is 35.4 Å². The molecule has 0 bridgehead atoms. The first kappa shape index (κ1) is 19.3. The van der Waals surface area contributed by atoms with Gasteiger partial charge in [0.2, 0.25) is 5.91 Å². The van der Waals surface area contributed by atoms with Crippen LogP contribution in [0.3, 0.4) is 0 Å². The number of amides is 1. The highest BCUT2D eigenvalue weighted by Gasteiger charge is 2.35. The van der Waals surface area contributed by atoms with Crippen LogP contribution in [-0.2, 0) is 26.9 Å². The third kappa shape index (κ3) is 5.21. The summed E-state index contributed by atoms with van der Waals surface area (Å²) in [6.07, 6.45) is -0.359. The Hall–Kier alpha value is -2.05. The summed E-state index contributed by atoms with van der Waals surface area (Å²) in [7, 11) is 1.15. The summed E-state index contributed by atoms with van der Waals surface area (Å²) in [4.78, 5) is 24.3. The summed E-state index contributed by atoms with van der Waals surface area (Å²) in [6, 6.07) is 3.91. The smallest absolute Gasteiger partial charge is 0.416 e. The van der Waals surface area contributed by atoms with Gasteiger partial charge in [-0.3, -0.25) is 4.79 Å². The van der Waals surface area contributed by atoms with Crippen LogP contribution < -0.4 is 5.32 Å². The van der Waals surface area contributed by atoms with Crippen molar-refractivity contribution in [2.45, 2.75) is 50.7 Å². The SMILES string of the molecule is COC(=O)[C@H](Cc1ccccc1C(F)(F)F)NC(=O)C1CCCCC1. The number of carbonyl (C=O) groups is 2. The standard InChI is InChI=1S/C18H22F3NO3/c1-25-17(24)15(22-16(23)12-7-3-2-4-8-12)11-13-9-5-6-10-14(13)18(19,20)21/h5-6,9-10,12,15H,2-4,7-8,11H2,1H3,(H,22,23)/t15-/m0/s1. The zero-order valence-corrected chi connectivity index (χ0v) is 14.1. The average molecular weight is 357 g/mol. The Kier molecular flexibility index (Phi) is 6.45. The Balaban J connectivity index is 2.16. The van der Waals surface area contributed by atoms with E-state index in [0.717, 1.165) is 45.3 Å². The Labute approximate surface area is 144 Å². The van der Waals surface area contributed by atoms with E-state index in [-0.39, 0.29) is 23.8 Å². The maximum atomic E-state index is 13.1. The van der Waals surface area contributed by atoms with Crippen LogP contribution in [0.2, 0.25) is 0 Å². The van der Waals surface area contributed by atoms with Crippen molar-refractivity contribution in [2.75, 3.05) is 7.11 Å². The third-order valence-corrected chi connectivity index (χ3v) is 4.52. The first-order valence-corrected chi connectivity index (χ1v) is 8.36. The molecule has 0 aromatic heterocycles. The Morgan fingerprint density at radius 2 is 1.84 bits per heavy atom. The predicted octanol–water partition coefficient (Wildman–Crippen LogP) is 3.49. The first-order valence-electron chi connectivity index (χ1n) is 8.36. The van der Waals surface area contributed by atoms with E-state index >= 15 is 0 Å². The molecule has 2 rings (SSSR count). The molecular weight excluding hydrogens is 335 g/mol. The van der Waals surface area contributed by atoms with Gasteiger partial charge in [0.25, 0.3) is 0 Å². The van der Waals surface area contributed by atoms with Gasteiger partial charge in [-0.05, 0) is 24.5 Å². The fourth-order valence-corrected chi connectivity index (χ4v) is 3.18. The normalized spacial score (nSPS) is 17.0. The molecule has 1 aliphatic carbocycles. The van der Waals surface area contributed by atoms with E-state index in [9.17, 15) is 22.8 Å². The number of alkyl halides is 3. The predicted molar refractivity (Wildman–Crippen MR) is 85.7 cm³/mol. The lowest BCUT2D eigenvalue weighted by atomic mass is 9.88. The number of ether oxygens (including phenoxy) is 1. The molecule has 1 atom stereocenters. The van der Waals surface area contributed by atoms with E-state index in [1.165, 1.54) is 18.2 Å². The molecule has 0 unspecified atom stereocenters. The minimum Gasteiger partial charge on any atom is -0.467 e.